The summed E-state index contributed by atoms with van der Waals surface area (Å²) in [7, 11) is 0. The Bertz CT molecular complexity index is 691. The van der Waals surface area contributed by atoms with Crippen LogP contribution in [0.3, 0.4) is 0 Å². The first-order valence-electron chi connectivity index (χ1n) is 10.0. The maximum absolute atomic E-state index is 13.1. The molecule has 2 bridgehead atoms. The number of fused-ring (bicyclic) bond motifs is 4. The Morgan fingerprint density at radius 1 is 1.04 bits per heavy atom. The fourth-order valence-corrected chi connectivity index (χ4v) is 5.24. The van der Waals surface area contributed by atoms with E-state index in [0.717, 1.165) is 58.0 Å². The quantitative estimate of drug-likeness (QED) is 0.836. The van der Waals surface area contributed by atoms with Crippen molar-refractivity contribution in [3.63, 3.8) is 0 Å². The molecule has 0 radical (unpaired) electrons. The van der Waals surface area contributed by atoms with Crippen LogP contribution in [0.5, 0.6) is 0 Å². The van der Waals surface area contributed by atoms with Gasteiger partial charge in [0.25, 0.3) is 5.56 Å². The molecule has 5 rings (SSSR count). The van der Waals surface area contributed by atoms with E-state index in [1.807, 2.05) is 0 Å². The number of likely N-dealkylation sites (tertiary alicyclic amines) is 2. The Balaban J connectivity index is 1.38. The van der Waals surface area contributed by atoms with E-state index < -0.39 is 0 Å². The average Bonchev–Trinajstić information content (AvgIpc) is 2.57. The summed E-state index contributed by atoms with van der Waals surface area (Å²) in [5.41, 5.74) is 2.54. The van der Waals surface area contributed by atoms with Crippen LogP contribution in [-0.2, 0) is 17.8 Å². The van der Waals surface area contributed by atoms with Gasteiger partial charge in [-0.1, -0.05) is 12.5 Å². The number of pyridine rings is 1. The maximum Gasteiger partial charge on any atom is 0.255 e. The molecule has 0 aromatic carbocycles. The van der Waals surface area contributed by atoms with Crippen LogP contribution >= 0.6 is 0 Å². The summed E-state index contributed by atoms with van der Waals surface area (Å²) in [6.45, 7) is 8.03. The zero-order valence-electron chi connectivity index (χ0n) is 15.0. The van der Waals surface area contributed by atoms with Gasteiger partial charge in [0.05, 0.1) is 19.3 Å². The largest absolute Gasteiger partial charge is 0.378 e. The van der Waals surface area contributed by atoms with Crippen LogP contribution in [0, 0.1) is 5.92 Å². The first kappa shape index (κ1) is 16.0. The third-order valence-corrected chi connectivity index (χ3v) is 6.69. The van der Waals surface area contributed by atoms with Crippen molar-refractivity contribution in [1.82, 2.24) is 14.4 Å². The molecule has 25 heavy (non-hydrogen) atoms. The highest BCUT2D eigenvalue weighted by Crippen LogP contribution is 2.36. The normalized spacial score (nSPS) is 30.7. The van der Waals surface area contributed by atoms with Crippen molar-refractivity contribution in [2.24, 2.45) is 5.92 Å². The van der Waals surface area contributed by atoms with Crippen molar-refractivity contribution in [2.75, 3.05) is 39.4 Å². The highest BCUT2D eigenvalue weighted by atomic mass is 16.5. The van der Waals surface area contributed by atoms with Gasteiger partial charge in [-0.2, -0.15) is 0 Å². The molecule has 3 fully saturated rings. The minimum absolute atomic E-state index is 0.276. The van der Waals surface area contributed by atoms with Gasteiger partial charge in [-0.3, -0.25) is 14.6 Å². The molecule has 0 spiro atoms. The van der Waals surface area contributed by atoms with E-state index in [4.69, 9.17) is 4.74 Å². The molecule has 0 N–H and O–H groups in total. The van der Waals surface area contributed by atoms with Crippen molar-refractivity contribution in [3.8, 4) is 0 Å². The molecule has 0 aliphatic carbocycles. The van der Waals surface area contributed by atoms with Gasteiger partial charge in [0.15, 0.2) is 0 Å². The predicted molar refractivity (Wildman–Crippen MR) is 96.9 cm³/mol. The van der Waals surface area contributed by atoms with E-state index in [1.54, 1.807) is 0 Å². The average molecular weight is 343 g/mol. The smallest absolute Gasteiger partial charge is 0.255 e. The van der Waals surface area contributed by atoms with Gasteiger partial charge in [0, 0.05) is 43.4 Å². The van der Waals surface area contributed by atoms with E-state index in [2.05, 4.69) is 26.5 Å². The SMILES string of the molecule is O=c1c(CN2CCCCC2)ccc2n1C[C@H]1C[C@@H]2CN(C2COC2)C1. The number of aromatic nitrogens is 1. The van der Waals surface area contributed by atoms with Gasteiger partial charge in [0.2, 0.25) is 0 Å². The molecule has 5 heterocycles. The van der Waals surface area contributed by atoms with Gasteiger partial charge in [0.1, 0.15) is 0 Å². The molecule has 5 nitrogen and oxygen atoms in total. The number of nitrogens with zero attached hydrogens (tertiary/aromatic N) is 3. The molecule has 1 aromatic rings. The summed E-state index contributed by atoms with van der Waals surface area (Å²) in [6.07, 6.45) is 5.13. The fraction of sp³-hybridized carbons (Fsp3) is 0.750. The Kier molecular flexibility index (Phi) is 4.19. The third kappa shape index (κ3) is 2.96. The second-order valence-corrected chi connectivity index (χ2v) is 8.48. The molecule has 136 valence electrons. The number of ether oxygens (including phenoxy) is 1. The summed E-state index contributed by atoms with van der Waals surface area (Å²) in [5, 5.41) is 0. The molecule has 3 saturated heterocycles. The van der Waals surface area contributed by atoms with Crippen molar-refractivity contribution in [3.05, 3.63) is 33.7 Å². The van der Waals surface area contributed by atoms with Crippen molar-refractivity contribution in [2.45, 2.75) is 50.7 Å². The van der Waals surface area contributed by atoms with Gasteiger partial charge in [-0.05, 0) is 44.3 Å². The van der Waals surface area contributed by atoms with E-state index in [1.165, 1.54) is 31.4 Å². The van der Waals surface area contributed by atoms with Gasteiger partial charge < -0.3 is 9.30 Å². The summed E-state index contributed by atoms with van der Waals surface area (Å²) in [4.78, 5) is 18.2. The lowest BCUT2D eigenvalue weighted by molar-refractivity contribution is -0.0827. The summed E-state index contributed by atoms with van der Waals surface area (Å²) in [6, 6.07) is 4.98. The predicted octanol–water partition coefficient (Wildman–Crippen LogP) is 1.65. The summed E-state index contributed by atoms with van der Waals surface area (Å²) >= 11 is 0. The molecule has 1 aromatic heterocycles. The minimum atomic E-state index is 0.276. The van der Waals surface area contributed by atoms with Gasteiger partial charge in [-0.25, -0.2) is 0 Å². The molecule has 4 aliphatic rings. The number of rotatable bonds is 3. The van der Waals surface area contributed by atoms with Crippen LogP contribution in [0.2, 0.25) is 0 Å². The Labute approximate surface area is 149 Å². The van der Waals surface area contributed by atoms with E-state index in [9.17, 15) is 4.79 Å². The van der Waals surface area contributed by atoms with Crippen LogP contribution < -0.4 is 5.56 Å². The second-order valence-electron chi connectivity index (χ2n) is 8.48. The zero-order valence-corrected chi connectivity index (χ0v) is 15.0. The van der Waals surface area contributed by atoms with Crippen LogP contribution in [0.4, 0.5) is 0 Å². The molecule has 0 amide bonds. The Morgan fingerprint density at radius 2 is 1.88 bits per heavy atom. The lowest BCUT2D eigenvalue weighted by Gasteiger charge is -2.47. The van der Waals surface area contributed by atoms with Crippen LogP contribution in [0.1, 0.15) is 42.9 Å². The monoisotopic (exact) mass is 343 g/mol. The topological polar surface area (TPSA) is 37.7 Å². The number of piperidine rings is 2. The molecule has 0 saturated carbocycles. The molecule has 2 atom stereocenters. The van der Waals surface area contributed by atoms with E-state index >= 15 is 0 Å². The highest BCUT2D eigenvalue weighted by Gasteiger charge is 2.39. The lowest BCUT2D eigenvalue weighted by Crippen LogP contribution is -2.56. The van der Waals surface area contributed by atoms with E-state index in [0.29, 0.717) is 17.9 Å². The van der Waals surface area contributed by atoms with Crippen molar-refractivity contribution < 1.29 is 4.74 Å². The standard InChI is InChI=1S/C20H29N3O2/c24-20-16(11-21-6-2-1-3-7-21)4-5-19-17-8-15(10-23(19)20)9-22(12-17)18-13-25-14-18/h4-5,15,17-18H,1-3,6-14H2/t15-,17+/m0/s1. The van der Waals surface area contributed by atoms with Crippen molar-refractivity contribution in [1.29, 1.82) is 0 Å². The number of hydrogen-bond donors (Lipinski definition) is 0. The number of hydrogen-bond acceptors (Lipinski definition) is 4. The first-order valence-corrected chi connectivity index (χ1v) is 10.0. The molecule has 4 aliphatic heterocycles. The van der Waals surface area contributed by atoms with Crippen molar-refractivity contribution >= 4 is 0 Å². The third-order valence-electron chi connectivity index (χ3n) is 6.69. The van der Waals surface area contributed by atoms with Gasteiger partial charge in [-0.15, -0.1) is 0 Å². The molecule has 5 heteroatoms. The minimum Gasteiger partial charge on any atom is -0.378 e. The lowest BCUT2D eigenvalue weighted by atomic mass is 9.82. The van der Waals surface area contributed by atoms with E-state index in [-0.39, 0.29) is 5.56 Å². The van der Waals surface area contributed by atoms with Crippen LogP contribution in [0.25, 0.3) is 0 Å². The molecule has 0 unspecified atom stereocenters. The first-order chi connectivity index (χ1) is 12.3. The fourth-order valence-electron chi connectivity index (χ4n) is 5.24. The van der Waals surface area contributed by atoms with Gasteiger partial charge >= 0.3 is 0 Å². The molecular formula is C20H29N3O2. The summed E-state index contributed by atoms with van der Waals surface area (Å²) in [5.74, 6) is 1.14. The Hall–Kier alpha value is -1.17. The Morgan fingerprint density at radius 3 is 2.64 bits per heavy atom. The maximum atomic E-state index is 13.1. The van der Waals surface area contributed by atoms with Crippen LogP contribution in [-0.4, -0.2) is 59.8 Å². The zero-order chi connectivity index (χ0) is 16.8. The highest BCUT2D eigenvalue weighted by molar-refractivity contribution is 5.22. The molecular weight excluding hydrogens is 314 g/mol. The summed E-state index contributed by atoms with van der Waals surface area (Å²) < 4.78 is 7.50. The second kappa shape index (κ2) is 6.53. The van der Waals surface area contributed by atoms with Crippen LogP contribution in [0.15, 0.2) is 16.9 Å².